The molecule has 8 nitrogen and oxygen atoms in total. The lowest BCUT2D eigenvalue weighted by atomic mass is 10.1. The van der Waals surface area contributed by atoms with Gasteiger partial charge in [-0.1, -0.05) is 39.0 Å². The number of aliphatic hydroxyl groups is 3. The maximum Gasteiger partial charge on any atom is 0.330 e. The third kappa shape index (κ3) is 4.78. The molecular weight excluding hydrogens is 328 g/mol. The second-order valence-electron chi connectivity index (χ2n) is 6.57. The molecule has 1 aliphatic rings. The van der Waals surface area contributed by atoms with E-state index in [-0.39, 0.29) is 0 Å². The molecule has 1 aromatic rings. The Kier molecular flexibility index (Phi) is 7.37. The van der Waals surface area contributed by atoms with E-state index in [0.29, 0.717) is 12.0 Å². The molecule has 0 amide bonds. The molecule has 0 unspecified atom stereocenters. The van der Waals surface area contributed by atoms with Gasteiger partial charge in [0.1, 0.15) is 18.3 Å². The maximum atomic E-state index is 12.0. The average molecular weight is 356 g/mol. The Morgan fingerprint density at radius 3 is 2.44 bits per heavy atom. The molecule has 4 N–H and O–H groups in total. The first-order chi connectivity index (χ1) is 12.0. The molecule has 0 aliphatic carbocycles. The van der Waals surface area contributed by atoms with Crippen LogP contribution in [0.25, 0.3) is 0 Å². The van der Waals surface area contributed by atoms with Gasteiger partial charge < -0.3 is 20.1 Å². The van der Waals surface area contributed by atoms with E-state index in [1.807, 2.05) is 0 Å². The molecule has 142 valence electrons. The first-order valence-electron chi connectivity index (χ1n) is 8.96. The highest BCUT2D eigenvalue weighted by atomic mass is 16.6. The van der Waals surface area contributed by atoms with Crippen molar-refractivity contribution in [2.75, 3.05) is 6.61 Å². The van der Waals surface area contributed by atoms with Gasteiger partial charge >= 0.3 is 5.69 Å². The van der Waals surface area contributed by atoms with Crippen LogP contribution in [0.2, 0.25) is 0 Å². The monoisotopic (exact) mass is 356 g/mol. The van der Waals surface area contributed by atoms with Crippen LogP contribution in [0.4, 0.5) is 0 Å². The second kappa shape index (κ2) is 9.28. The number of aryl methyl sites for hydroxylation is 1. The zero-order valence-electron chi connectivity index (χ0n) is 14.6. The van der Waals surface area contributed by atoms with Gasteiger partial charge in [0.05, 0.1) is 6.61 Å². The molecule has 2 heterocycles. The van der Waals surface area contributed by atoms with Crippen molar-refractivity contribution in [3.63, 3.8) is 0 Å². The minimum absolute atomic E-state index is 0.438. The number of hydrogen-bond donors (Lipinski definition) is 4. The topological polar surface area (TPSA) is 125 Å². The van der Waals surface area contributed by atoms with Crippen molar-refractivity contribution in [1.29, 1.82) is 0 Å². The lowest BCUT2D eigenvalue weighted by Gasteiger charge is -2.18. The highest BCUT2D eigenvalue weighted by molar-refractivity contribution is 5.06. The quantitative estimate of drug-likeness (QED) is 0.464. The van der Waals surface area contributed by atoms with Gasteiger partial charge in [0.15, 0.2) is 6.23 Å². The van der Waals surface area contributed by atoms with E-state index in [1.54, 1.807) is 0 Å². The Bertz CT molecular complexity index is 655. The van der Waals surface area contributed by atoms with E-state index in [9.17, 15) is 19.8 Å². The van der Waals surface area contributed by atoms with Gasteiger partial charge in [-0.25, -0.2) is 4.79 Å². The highest BCUT2D eigenvalue weighted by Crippen LogP contribution is 2.28. The summed E-state index contributed by atoms with van der Waals surface area (Å²) in [5.74, 6) is 0. The van der Waals surface area contributed by atoms with E-state index in [0.717, 1.165) is 23.8 Å². The van der Waals surface area contributed by atoms with Gasteiger partial charge in [0.25, 0.3) is 5.56 Å². The van der Waals surface area contributed by atoms with Crippen LogP contribution >= 0.6 is 0 Å². The molecule has 4 atom stereocenters. The van der Waals surface area contributed by atoms with Crippen LogP contribution in [0, 0.1) is 0 Å². The highest BCUT2D eigenvalue weighted by Gasteiger charge is 2.43. The lowest BCUT2D eigenvalue weighted by Crippen LogP contribution is -2.38. The van der Waals surface area contributed by atoms with Gasteiger partial charge in [0, 0.05) is 11.8 Å². The largest absolute Gasteiger partial charge is 0.394 e. The standard InChI is InChI=1S/C17H28N2O6/c1-2-3-4-5-6-7-8-11-9-19(17(24)18-15(11)23)16-14(22)13(21)12(10-20)25-16/h9,12-14,16,20-22H,2-8,10H2,1H3,(H,18,23,24)/t12-,13-,14-,16-/m1/s1. The van der Waals surface area contributed by atoms with E-state index in [2.05, 4.69) is 11.9 Å². The molecule has 25 heavy (non-hydrogen) atoms. The Morgan fingerprint density at radius 2 is 1.80 bits per heavy atom. The fourth-order valence-electron chi connectivity index (χ4n) is 3.10. The molecule has 2 rings (SSSR count). The van der Waals surface area contributed by atoms with Crippen molar-refractivity contribution in [3.8, 4) is 0 Å². The Morgan fingerprint density at radius 1 is 1.12 bits per heavy atom. The third-order valence-electron chi connectivity index (χ3n) is 4.63. The number of unbranched alkanes of at least 4 members (excludes halogenated alkanes) is 5. The van der Waals surface area contributed by atoms with Crippen LogP contribution in [0.15, 0.2) is 15.8 Å². The number of nitrogens with zero attached hydrogens (tertiary/aromatic N) is 1. The molecule has 0 spiro atoms. The van der Waals surface area contributed by atoms with Crippen LogP contribution in [0.3, 0.4) is 0 Å². The molecule has 1 aromatic heterocycles. The average Bonchev–Trinajstić information content (AvgIpc) is 2.87. The van der Waals surface area contributed by atoms with E-state index >= 15 is 0 Å². The normalized spacial score (nSPS) is 26.2. The zero-order chi connectivity index (χ0) is 18.4. The number of ether oxygens (including phenoxy) is 1. The van der Waals surface area contributed by atoms with Gasteiger partial charge in [-0.3, -0.25) is 14.3 Å². The van der Waals surface area contributed by atoms with E-state index in [1.165, 1.54) is 25.5 Å². The maximum absolute atomic E-state index is 12.0. The third-order valence-corrected chi connectivity index (χ3v) is 4.63. The molecule has 0 aromatic carbocycles. The van der Waals surface area contributed by atoms with Crippen molar-refractivity contribution in [2.24, 2.45) is 0 Å². The number of hydrogen-bond acceptors (Lipinski definition) is 6. The van der Waals surface area contributed by atoms with Crippen LogP contribution in [-0.4, -0.2) is 49.8 Å². The number of aromatic nitrogens is 2. The molecule has 1 aliphatic heterocycles. The predicted octanol–water partition coefficient (Wildman–Crippen LogP) is 0.0511. The summed E-state index contributed by atoms with van der Waals surface area (Å²) >= 11 is 0. The van der Waals surface area contributed by atoms with Crippen LogP contribution in [-0.2, 0) is 11.2 Å². The van der Waals surface area contributed by atoms with Gasteiger partial charge in [-0.2, -0.15) is 0 Å². The molecular formula is C17H28N2O6. The fraction of sp³-hybridized carbons (Fsp3) is 0.765. The van der Waals surface area contributed by atoms with Crippen molar-refractivity contribution < 1.29 is 20.1 Å². The zero-order valence-corrected chi connectivity index (χ0v) is 14.6. The van der Waals surface area contributed by atoms with Crippen molar-refractivity contribution in [2.45, 2.75) is 76.4 Å². The predicted molar refractivity (Wildman–Crippen MR) is 91.4 cm³/mol. The van der Waals surface area contributed by atoms with Gasteiger partial charge in [-0.15, -0.1) is 0 Å². The summed E-state index contributed by atoms with van der Waals surface area (Å²) in [7, 11) is 0. The molecule has 1 fully saturated rings. The fourth-order valence-corrected chi connectivity index (χ4v) is 3.10. The van der Waals surface area contributed by atoms with Crippen molar-refractivity contribution >= 4 is 0 Å². The Labute approximate surface area is 146 Å². The summed E-state index contributed by atoms with van der Waals surface area (Å²) in [6, 6.07) is 0. The number of H-pyrrole nitrogens is 1. The summed E-state index contributed by atoms with van der Waals surface area (Å²) in [6.45, 7) is 1.68. The molecule has 1 saturated heterocycles. The molecule has 0 radical (unpaired) electrons. The van der Waals surface area contributed by atoms with Crippen LogP contribution < -0.4 is 11.2 Å². The first kappa shape index (κ1) is 19.8. The Balaban J connectivity index is 2.07. The lowest BCUT2D eigenvalue weighted by molar-refractivity contribution is -0.0551. The van der Waals surface area contributed by atoms with Gasteiger partial charge in [-0.05, 0) is 12.8 Å². The number of nitrogens with one attached hydrogen (secondary N) is 1. The van der Waals surface area contributed by atoms with E-state index in [4.69, 9.17) is 9.84 Å². The summed E-state index contributed by atoms with van der Waals surface area (Å²) in [4.78, 5) is 26.3. The Hall–Kier alpha value is -1.48. The summed E-state index contributed by atoms with van der Waals surface area (Å²) in [5, 5.41) is 29.0. The van der Waals surface area contributed by atoms with Crippen LogP contribution in [0.5, 0.6) is 0 Å². The molecule has 0 bridgehead atoms. The number of rotatable bonds is 9. The summed E-state index contributed by atoms with van der Waals surface area (Å²) < 4.78 is 6.44. The summed E-state index contributed by atoms with van der Waals surface area (Å²) in [6.07, 6.45) is 3.65. The second-order valence-corrected chi connectivity index (χ2v) is 6.57. The first-order valence-corrected chi connectivity index (χ1v) is 8.96. The molecule has 8 heteroatoms. The van der Waals surface area contributed by atoms with Crippen molar-refractivity contribution in [1.82, 2.24) is 9.55 Å². The minimum atomic E-state index is -1.36. The smallest absolute Gasteiger partial charge is 0.330 e. The van der Waals surface area contributed by atoms with Crippen LogP contribution in [0.1, 0.15) is 57.2 Å². The minimum Gasteiger partial charge on any atom is -0.394 e. The molecule has 0 saturated carbocycles. The number of aliphatic hydroxyl groups excluding tert-OH is 3. The van der Waals surface area contributed by atoms with Crippen molar-refractivity contribution in [3.05, 3.63) is 32.6 Å². The van der Waals surface area contributed by atoms with Gasteiger partial charge in [0.2, 0.25) is 0 Å². The van der Waals surface area contributed by atoms with E-state index < -0.39 is 42.4 Å². The number of aromatic amines is 1. The summed E-state index contributed by atoms with van der Waals surface area (Å²) in [5.41, 5.74) is -0.721. The SMILES string of the molecule is CCCCCCCCc1cn([C@@H]2O[C@H](CO)[C@@H](O)[C@H]2O)c(=O)[nH]c1=O.